The van der Waals surface area contributed by atoms with Crippen LogP contribution in [-0.2, 0) is 0 Å². The van der Waals surface area contributed by atoms with Crippen LogP contribution in [0.1, 0.15) is 94.9 Å². The van der Waals surface area contributed by atoms with Gasteiger partial charge in [-0.25, -0.2) is 8.78 Å². The number of hydrogen-bond acceptors (Lipinski definition) is 2. The highest BCUT2D eigenvalue weighted by Crippen LogP contribution is 2.24. The number of aliphatic hydroxyl groups excluding tert-OH is 2. The van der Waals surface area contributed by atoms with E-state index in [0.717, 1.165) is 19.3 Å². The molecule has 0 heterocycles. The quantitative estimate of drug-likeness (QED) is 0.272. The number of rotatable bonds is 13. The van der Waals surface area contributed by atoms with Gasteiger partial charge >= 0.3 is 0 Å². The van der Waals surface area contributed by atoms with Gasteiger partial charge in [0.05, 0.1) is 12.2 Å². The Labute approximate surface area is 197 Å². The fraction of sp³-hybridized carbons (Fsp3) is 0.786. The van der Waals surface area contributed by atoms with Crippen LogP contribution in [0.5, 0.6) is 0 Å². The van der Waals surface area contributed by atoms with Gasteiger partial charge in [-0.3, -0.25) is 0 Å². The summed E-state index contributed by atoms with van der Waals surface area (Å²) in [6, 6.07) is 0. The molecule has 0 aromatic rings. The van der Waals surface area contributed by atoms with Gasteiger partial charge < -0.3 is 10.2 Å². The van der Waals surface area contributed by atoms with E-state index in [1.807, 2.05) is 40.7 Å². The van der Waals surface area contributed by atoms with Gasteiger partial charge in [-0.1, -0.05) is 94.2 Å². The molecule has 190 valence electrons. The fourth-order valence-corrected chi connectivity index (χ4v) is 2.71. The number of unbranched alkanes of at least 4 members (excludes halogenated alkanes) is 1. The first kappa shape index (κ1) is 33.2. The van der Waals surface area contributed by atoms with Crippen LogP contribution in [0.15, 0.2) is 36.0 Å². The van der Waals surface area contributed by atoms with Crippen molar-refractivity contribution in [3.63, 3.8) is 0 Å². The second-order valence-corrected chi connectivity index (χ2v) is 9.95. The van der Waals surface area contributed by atoms with Gasteiger partial charge in [-0.05, 0) is 48.7 Å². The lowest BCUT2D eigenvalue weighted by atomic mass is 9.91. The molecule has 0 spiro atoms. The van der Waals surface area contributed by atoms with Gasteiger partial charge in [0.2, 0.25) is 0 Å². The average Bonchev–Trinajstić information content (AvgIpc) is 2.72. The van der Waals surface area contributed by atoms with Crippen molar-refractivity contribution in [2.75, 3.05) is 0 Å². The van der Waals surface area contributed by atoms with Crippen LogP contribution >= 0.6 is 0 Å². The Kier molecular flexibility index (Phi) is 19.1. The Morgan fingerprint density at radius 3 is 1.62 bits per heavy atom. The molecule has 0 aliphatic carbocycles. The summed E-state index contributed by atoms with van der Waals surface area (Å²) >= 11 is 0. The van der Waals surface area contributed by atoms with E-state index in [0.29, 0.717) is 24.2 Å². The summed E-state index contributed by atoms with van der Waals surface area (Å²) in [5, 5.41) is 19.4. The Hall–Kier alpha value is -1.00. The van der Waals surface area contributed by atoms with Crippen LogP contribution < -0.4 is 0 Å². The molecule has 0 amide bonds. The molecule has 6 atom stereocenters. The number of halogens is 2. The zero-order valence-electron chi connectivity index (χ0n) is 22.4. The summed E-state index contributed by atoms with van der Waals surface area (Å²) in [5.41, 5.74) is 0. The van der Waals surface area contributed by atoms with Crippen LogP contribution in [-0.4, -0.2) is 22.4 Å². The molecule has 0 unspecified atom stereocenters. The van der Waals surface area contributed by atoms with E-state index in [-0.39, 0.29) is 23.5 Å². The summed E-state index contributed by atoms with van der Waals surface area (Å²) in [6.07, 6.45) is 8.91. The molecule has 32 heavy (non-hydrogen) atoms. The Morgan fingerprint density at radius 2 is 1.22 bits per heavy atom. The van der Waals surface area contributed by atoms with Gasteiger partial charge in [0.15, 0.2) is 0 Å². The zero-order valence-corrected chi connectivity index (χ0v) is 22.4. The van der Waals surface area contributed by atoms with Gasteiger partial charge in [0.1, 0.15) is 11.7 Å². The van der Waals surface area contributed by atoms with Crippen molar-refractivity contribution in [1.29, 1.82) is 0 Å². The lowest BCUT2D eigenvalue weighted by Gasteiger charge is -2.23. The van der Waals surface area contributed by atoms with Crippen molar-refractivity contribution < 1.29 is 19.0 Å². The largest absolute Gasteiger partial charge is 0.390 e. The van der Waals surface area contributed by atoms with Gasteiger partial charge in [0.25, 0.3) is 0 Å². The van der Waals surface area contributed by atoms with Crippen molar-refractivity contribution in [1.82, 2.24) is 0 Å². The first-order chi connectivity index (χ1) is 14.8. The van der Waals surface area contributed by atoms with E-state index < -0.39 is 18.1 Å². The molecular weight excluding hydrogens is 406 g/mol. The predicted molar refractivity (Wildman–Crippen MR) is 136 cm³/mol. The van der Waals surface area contributed by atoms with Gasteiger partial charge in [-0.15, -0.1) is 0 Å². The standard InChI is InChI=1S/C14H27FO2.C14H25F/c1-6-7-13(16)14(17)11(5)12(15)8-10(4)9(2)3;1-6-7-8-9-12(4)14(15)10-13(5)11(2)3/h8-11,13-14,16-17H,6-7H2,1-5H3;8-13H,6-7H2,1-5H3/b12-8+;9-8-,14-10+/t10-,11-,13+,14-;12-,13+/m10/s1. The maximum Gasteiger partial charge on any atom is 0.103 e. The highest BCUT2D eigenvalue weighted by atomic mass is 19.1. The Balaban J connectivity index is 0. The number of allylic oxidation sites excluding steroid dienone is 5. The zero-order chi connectivity index (χ0) is 25.4. The topological polar surface area (TPSA) is 40.5 Å². The molecule has 2 N–H and O–H groups in total. The average molecular weight is 459 g/mol. The van der Waals surface area contributed by atoms with Crippen molar-refractivity contribution >= 4 is 0 Å². The van der Waals surface area contributed by atoms with E-state index in [1.54, 1.807) is 19.1 Å². The predicted octanol–water partition coefficient (Wildman–Crippen LogP) is 8.41. The molecule has 0 aliphatic rings. The van der Waals surface area contributed by atoms with E-state index in [2.05, 4.69) is 33.8 Å². The number of hydrogen-bond donors (Lipinski definition) is 2. The van der Waals surface area contributed by atoms with E-state index >= 15 is 0 Å². The maximum atomic E-state index is 13.8. The lowest BCUT2D eigenvalue weighted by molar-refractivity contribution is -0.0130. The molecule has 0 radical (unpaired) electrons. The molecule has 0 aliphatic heterocycles. The van der Waals surface area contributed by atoms with Crippen LogP contribution in [0.3, 0.4) is 0 Å². The monoisotopic (exact) mass is 458 g/mol. The minimum absolute atomic E-state index is 0.00329. The lowest BCUT2D eigenvalue weighted by Crippen LogP contribution is -2.32. The molecule has 0 saturated carbocycles. The molecule has 0 aromatic heterocycles. The maximum absolute atomic E-state index is 13.8. The molecular formula is C28H52F2O2. The summed E-state index contributed by atoms with van der Waals surface area (Å²) < 4.78 is 27.5. The minimum Gasteiger partial charge on any atom is -0.390 e. The summed E-state index contributed by atoms with van der Waals surface area (Å²) in [6.45, 7) is 19.9. The third-order valence-electron chi connectivity index (χ3n) is 6.19. The van der Waals surface area contributed by atoms with Crippen molar-refractivity contribution in [3.05, 3.63) is 36.0 Å². The minimum atomic E-state index is -1.02. The summed E-state index contributed by atoms with van der Waals surface area (Å²) in [5.74, 6) is 0.279. The molecule has 0 saturated heterocycles. The fourth-order valence-electron chi connectivity index (χ4n) is 2.71. The van der Waals surface area contributed by atoms with Crippen LogP contribution in [0.4, 0.5) is 8.78 Å². The van der Waals surface area contributed by atoms with Gasteiger partial charge in [-0.2, -0.15) is 0 Å². The Morgan fingerprint density at radius 1 is 0.750 bits per heavy atom. The van der Waals surface area contributed by atoms with E-state index in [1.165, 1.54) is 0 Å². The van der Waals surface area contributed by atoms with E-state index in [4.69, 9.17) is 0 Å². The smallest absolute Gasteiger partial charge is 0.103 e. The van der Waals surface area contributed by atoms with Crippen LogP contribution in [0, 0.1) is 35.5 Å². The molecule has 4 heteroatoms. The third-order valence-corrected chi connectivity index (χ3v) is 6.19. The van der Waals surface area contributed by atoms with Crippen molar-refractivity contribution in [2.24, 2.45) is 35.5 Å². The molecule has 0 bridgehead atoms. The highest BCUT2D eigenvalue weighted by Gasteiger charge is 2.25. The molecule has 0 rings (SSSR count). The normalized spacial score (nSPS) is 18.9. The first-order valence-electron chi connectivity index (χ1n) is 12.6. The Bertz CT molecular complexity index is 552. The second kappa shape index (κ2) is 18.4. The van der Waals surface area contributed by atoms with Crippen LogP contribution in [0.2, 0.25) is 0 Å². The second-order valence-electron chi connectivity index (χ2n) is 9.95. The highest BCUT2D eigenvalue weighted by molar-refractivity contribution is 5.07. The third kappa shape index (κ3) is 14.9. The molecule has 0 aromatic carbocycles. The van der Waals surface area contributed by atoms with Crippen molar-refractivity contribution in [3.8, 4) is 0 Å². The van der Waals surface area contributed by atoms with Crippen LogP contribution in [0.25, 0.3) is 0 Å². The summed E-state index contributed by atoms with van der Waals surface area (Å²) in [4.78, 5) is 0. The summed E-state index contributed by atoms with van der Waals surface area (Å²) in [7, 11) is 0. The number of aliphatic hydroxyl groups is 2. The van der Waals surface area contributed by atoms with E-state index in [9.17, 15) is 19.0 Å². The molecule has 0 fully saturated rings. The first-order valence-corrected chi connectivity index (χ1v) is 12.6. The van der Waals surface area contributed by atoms with Crippen molar-refractivity contribution in [2.45, 2.75) is 107 Å². The van der Waals surface area contributed by atoms with Gasteiger partial charge in [0, 0.05) is 11.8 Å². The SMILES string of the molecule is CCC/C=C\[C@H](C)/C(F)=C\[C@@H](C)C(C)C.CCC[C@H](O)[C@H](O)[C@H](C)/C(F)=C\[C@@H](C)C(C)C. The molecule has 2 nitrogen and oxygen atoms in total.